The highest BCUT2D eigenvalue weighted by atomic mass is 16.3. The SMILES string of the molecule is CN(C)c1ccc(O)c2c1CC1C[C@H]3[C@H](N(C)C)C(=O)C(C(N)=O)=C(O)[C@@]3(O)C(=O)C1=C2O. The molecule has 176 valence electrons. The highest BCUT2D eigenvalue weighted by Crippen LogP contribution is 2.53. The normalized spacial score (nSPS) is 29.1. The molecule has 1 amide bonds. The number of phenolic OH excluding ortho intramolecular Hbond substituents is 1. The van der Waals surface area contributed by atoms with Crippen molar-refractivity contribution in [2.45, 2.75) is 24.5 Å². The van der Waals surface area contributed by atoms with Crippen LogP contribution in [0.4, 0.5) is 5.69 Å². The molecule has 4 rings (SSSR count). The first kappa shape index (κ1) is 22.8. The van der Waals surface area contributed by atoms with E-state index in [0.29, 0.717) is 5.56 Å². The van der Waals surface area contributed by atoms with Crippen LogP contribution in [0, 0.1) is 11.8 Å². The van der Waals surface area contributed by atoms with Gasteiger partial charge in [0, 0.05) is 31.3 Å². The van der Waals surface area contributed by atoms with Gasteiger partial charge >= 0.3 is 0 Å². The van der Waals surface area contributed by atoms with Crippen LogP contribution in [0.5, 0.6) is 5.75 Å². The first-order valence-electron chi connectivity index (χ1n) is 10.5. The Hall–Kier alpha value is -3.37. The van der Waals surface area contributed by atoms with Gasteiger partial charge in [0.05, 0.1) is 11.6 Å². The zero-order valence-corrected chi connectivity index (χ0v) is 18.8. The van der Waals surface area contributed by atoms with E-state index in [1.807, 2.05) is 19.0 Å². The van der Waals surface area contributed by atoms with Crippen LogP contribution in [0.3, 0.4) is 0 Å². The third-order valence-electron chi connectivity index (χ3n) is 7.06. The minimum Gasteiger partial charge on any atom is -0.508 e. The van der Waals surface area contributed by atoms with E-state index in [-0.39, 0.29) is 29.7 Å². The van der Waals surface area contributed by atoms with Gasteiger partial charge in [0.1, 0.15) is 22.8 Å². The van der Waals surface area contributed by atoms with Crippen molar-refractivity contribution < 1.29 is 34.8 Å². The Kier molecular flexibility index (Phi) is 5.06. The fraction of sp³-hybridized carbons (Fsp3) is 0.435. The number of ketones is 2. The number of benzene rings is 1. The number of aliphatic hydroxyl groups is 3. The second kappa shape index (κ2) is 7.32. The van der Waals surface area contributed by atoms with Gasteiger partial charge in [-0.3, -0.25) is 19.3 Å². The molecule has 3 aliphatic carbocycles. The van der Waals surface area contributed by atoms with Crippen molar-refractivity contribution in [3.63, 3.8) is 0 Å². The number of amides is 1. The molecule has 1 aromatic rings. The summed E-state index contributed by atoms with van der Waals surface area (Å²) in [6, 6.07) is 2.01. The van der Waals surface area contributed by atoms with Crippen LogP contribution in [0.25, 0.3) is 5.76 Å². The maximum atomic E-state index is 13.7. The summed E-state index contributed by atoms with van der Waals surface area (Å²) in [6.07, 6.45) is 0.324. The molecule has 3 aliphatic rings. The van der Waals surface area contributed by atoms with Crippen LogP contribution < -0.4 is 10.6 Å². The van der Waals surface area contributed by atoms with Gasteiger partial charge in [-0.2, -0.15) is 0 Å². The lowest BCUT2D eigenvalue weighted by Gasteiger charge is -2.50. The predicted octanol–water partition coefficient (Wildman–Crippen LogP) is 0.0300. The van der Waals surface area contributed by atoms with E-state index in [1.165, 1.54) is 11.0 Å². The summed E-state index contributed by atoms with van der Waals surface area (Å²) in [5.41, 5.74) is 3.15. The summed E-state index contributed by atoms with van der Waals surface area (Å²) in [5, 5.41) is 43.9. The summed E-state index contributed by atoms with van der Waals surface area (Å²) in [7, 11) is 6.75. The van der Waals surface area contributed by atoms with Crippen molar-refractivity contribution in [1.82, 2.24) is 4.90 Å². The zero-order chi connectivity index (χ0) is 24.6. The monoisotopic (exact) mass is 457 g/mol. The number of aromatic hydroxyl groups is 1. The highest BCUT2D eigenvalue weighted by molar-refractivity contribution is 6.24. The van der Waals surface area contributed by atoms with Crippen LogP contribution >= 0.6 is 0 Å². The van der Waals surface area contributed by atoms with Crippen molar-refractivity contribution in [3.05, 3.63) is 40.2 Å². The van der Waals surface area contributed by atoms with Crippen LogP contribution in [0.15, 0.2) is 29.0 Å². The van der Waals surface area contributed by atoms with E-state index in [9.17, 15) is 34.8 Å². The summed E-state index contributed by atoms with van der Waals surface area (Å²) in [6.45, 7) is 0. The van der Waals surface area contributed by atoms with Crippen LogP contribution in [-0.4, -0.2) is 82.6 Å². The minimum absolute atomic E-state index is 0.0638. The smallest absolute Gasteiger partial charge is 0.255 e. The van der Waals surface area contributed by atoms with Crippen LogP contribution in [-0.2, 0) is 20.8 Å². The van der Waals surface area contributed by atoms with Crippen LogP contribution in [0.1, 0.15) is 17.5 Å². The molecule has 10 heteroatoms. The number of nitrogens with zero attached hydrogens (tertiary/aromatic N) is 2. The number of anilines is 1. The van der Waals surface area contributed by atoms with Gasteiger partial charge in [-0.15, -0.1) is 0 Å². The number of carbonyl (C=O) groups excluding carboxylic acids is 3. The number of rotatable bonds is 3. The van der Waals surface area contributed by atoms with Crippen molar-refractivity contribution in [3.8, 4) is 5.75 Å². The van der Waals surface area contributed by atoms with Gasteiger partial charge in [0.25, 0.3) is 5.91 Å². The number of nitrogens with two attached hydrogens (primary N) is 1. The molecule has 0 aliphatic heterocycles. The van der Waals surface area contributed by atoms with E-state index < -0.39 is 58.0 Å². The van der Waals surface area contributed by atoms with Gasteiger partial charge < -0.3 is 31.1 Å². The van der Waals surface area contributed by atoms with Gasteiger partial charge in [-0.1, -0.05) is 0 Å². The first-order valence-corrected chi connectivity index (χ1v) is 10.5. The molecular formula is C23H27N3O7. The van der Waals surface area contributed by atoms with Gasteiger partial charge in [0.15, 0.2) is 11.4 Å². The van der Waals surface area contributed by atoms with Crippen molar-refractivity contribution in [2.75, 3.05) is 33.1 Å². The third kappa shape index (κ3) is 2.90. The van der Waals surface area contributed by atoms with Crippen molar-refractivity contribution in [2.24, 2.45) is 17.6 Å². The Morgan fingerprint density at radius 3 is 2.30 bits per heavy atom. The third-order valence-corrected chi connectivity index (χ3v) is 7.06. The Bertz CT molecular complexity index is 1170. The largest absolute Gasteiger partial charge is 0.508 e. The van der Waals surface area contributed by atoms with E-state index in [0.717, 1.165) is 5.69 Å². The average molecular weight is 457 g/mol. The molecule has 0 spiro atoms. The van der Waals surface area contributed by atoms with E-state index >= 15 is 0 Å². The number of hydrogen-bond acceptors (Lipinski definition) is 9. The Morgan fingerprint density at radius 1 is 1.12 bits per heavy atom. The molecule has 0 radical (unpaired) electrons. The minimum atomic E-state index is -2.63. The van der Waals surface area contributed by atoms with Crippen molar-refractivity contribution in [1.29, 1.82) is 0 Å². The van der Waals surface area contributed by atoms with Crippen molar-refractivity contribution >= 4 is 28.9 Å². The van der Waals surface area contributed by atoms with E-state index in [4.69, 9.17) is 5.73 Å². The summed E-state index contributed by atoms with van der Waals surface area (Å²) >= 11 is 0. The van der Waals surface area contributed by atoms with Gasteiger partial charge in [0.2, 0.25) is 5.78 Å². The molecule has 0 heterocycles. The highest BCUT2D eigenvalue weighted by Gasteiger charge is 2.64. The Balaban J connectivity index is 1.99. The Morgan fingerprint density at radius 2 is 1.76 bits per heavy atom. The summed E-state index contributed by atoms with van der Waals surface area (Å²) in [5.74, 6) is -6.54. The molecule has 4 atom stereocenters. The molecule has 0 saturated heterocycles. The number of fused-ring (bicyclic) bond motifs is 3. The number of likely N-dealkylation sites (N-methyl/N-ethyl adjacent to an activating group) is 1. The van der Waals surface area contributed by atoms with E-state index in [1.54, 1.807) is 20.2 Å². The second-order valence-electron chi connectivity index (χ2n) is 9.31. The molecule has 33 heavy (non-hydrogen) atoms. The lowest BCUT2D eigenvalue weighted by Crippen LogP contribution is -2.65. The van der Waals surface area contributed by atoms with Gasteiger partial charge in [-0.05, 0) is 50.6 Å². The number of phenols is 1. The molecule has 1 aromatic carbocycles. The fourth-order valence-electron chi connectivity index (χ4n) is 5.65. The number of carbonyl (C=O) groups is 3. The molecule has 6 N–H and O–H groups in total. The molecular weight excluding hydrogens is 430 g/mol. The molecule has 1 saturated carbocycles. The number of primary amides is 1. The Labute approximate surface area is 190 Å². The van der Waals surface area contributed by atoms with E-state index in [2.05, 4.69) is 0 Å². The first-order chi connectivity index (χ1) is 15.3. The maximum Gasteiger partial charge on any atom is 0.255 e. The number of hydrogen-bond donors (Lipinski definition) is 5. The molecule has 10 nitrogen and oxygen atoms in total. The number of aliphatic hydroxyl groups excluding tert-OH is 2. The van der Waals surface area contributed by atoms with Gasteiger partial charge in [-0.25, -0.2) is 0 Å². The topological polar surface area (TPSA) is 165 Å². The fourth-order valence-corrected chi connectivity index (χ4v) is 5.65. The predicted molar refractivity (Wildman–Crippen MR) is 119 cm³/mol. The zero-order valence-electron chi connectivity index (χ0n) is 18.8. The molecule has 1 fully saturated rings. The quantitative estimate of drug-likeness (QED) is 0.394. The lowest BCUT2D eigenvalue weighted by atomic mass is 9.57. The number of Topliss-reactive ketones (excluding diaryl/α,β-unsaturated/α-hetero) is 2. The lowest BCUT2D eigenvalue weighted by molar-refractivity contribution is -0.153. The summed E-state index contributed by atoms with van der Waals surface area (Å²) in [4.78, 5) is 42.0. The molecule has 0 bridgehead atoms. The molecule has 0 aromatic heterocycles. The van der Waals surface area contributed by atoms with Crippen LogP contribution in [0.2, 0.25) is 0 Å². The summed E-state index contributed by atoms with van der Waals surface area (Å²) < 4.78 is 0. The average Bonchev–Trinajstić information content (AvgIpc) is 2.70. The standard InChI is InChI=1S/C23H27N3O7/c1-25(2)12-5-6-13(27)15-10(12)7-9-8-11-17(26(3)4)19(29)16(22(24)32)21(31)23(11,33)20(30)14(9)18(15)28/h5-6,9,11,17,27-28,31,33H,7-8H2,1-4H3,(H2,24,32)/t9?,11-,17-,23-/m0/s1. The second-order valence-corrected chi connectivity index (χ2v) is 9.31. The maximum absolute atomic E-state index is 13.7. The molecule has 1 unspecified atom stereocenters.